The van der Waals surface area contributed by atoms with E-state index in [1.165, 1.54) is 5.56 Å². The van der Waals surface area contributed by atoms with E-state index in [0.717, 1.165) is 18.4 Å². The van der Waals surface area contributed by atoms with Gasteiger partial charge in [0.15, 0.2) is 0 Å². The van der Waals surface area contributed by atoms with Gasteiger partial charge in [-0.3, -0.25) is 0 Å². The number of rotatable bonds is 9. The molecule has 28 heavy (non-hydrogen) atoms. The molecule has 0 unspecified atom stereocenters. The van der Waals surface area contributed by atoms with Gasteiger partial charge in [-0.1, -0.05) is 38.1 Å². The highest BCUT2D eigenvalue weighted by molar-refractivity contribution is 5.89. The van der Waals surface area contributed by atoms with E-state index >= 15 is 0 Å². The van der Waals surface area contributed by atoms with Crippen LogP contribution >= 0.6 is 0 Å². The van der Waals surface area contributed by atoms with Crippen LogP contribution in [0.5, 0.6) is 5.88 Å². The molecule has 1 heterocycles. The number of nitrogens with one attached hydrogen (secondary N) is 1. The number of methoxy groups -OCH3 is 1. The molecule has 0 radical (unpaired) electrons. The monoisotopic (exact) mass is 383 g/mol. The van der Waals surface area contributed by atoms with Crippen molar-refractivity contribution in [1.82, 2.24) is 9.88 Å². The third-order valence-electron chi connectivity index (χ3n) is 4.77. The maximum absolute atomic E-state index is 12.8. The van der Waals surface area contributed by atoms with Crippen molar-refractivity contribution in [1.29, 1.82) is 0 Å². The minimum Gasteiger partial charge on any atom is -0.475 e. The van der Waals surface area contributed by atoms with Crippen LogP contribution in [0, 0.1) is 0 Å². The molecule has 3 rings (SSSR count). The molecule has 150 valence electrons. The predicted octanol–water partition coefficient (Wildman–Crippen LogP) is 4.43. The number of ether oxygens (including phenoxy) is 2. The smallest absolute Gasteiger partial charge is 0.322 e. The zero-order valence-electron chi connectivity index (χ0n) is 16.9. The third-order valence-corrected chi connectivity index (χ3v) is 4.77. The molecule has 1 saturated carbocycles. The number of carbonyl (C=O) groups excluding carboxylic acids is 1. The van der Waals surface area contributed by atoms with Crippen LogP contribution in [0.1, 0.15) is 43.7 Å². The average molecular weight is 383 g/mol. The quantitative estimate of drug-likeness (QED) is 0.651. The molecule has 1 aromatic heterocycles. The van der Waals surface area contributed by atoms with Crippen LogP contribution in [-0.2, 0) is 11.3 Å². The molecule has 1 fully saturated rings. The van der Waals surface area contributed by atoms with Crippen molar-refractivity contribution >= 4 is 11.7 Å². The van der Waals surface area contributed by atoms with Crippen LogP contribution < -0.4 is 10.1 Å². The Labute approximate surface area is 166 Å². The molecule has 6 nitrogen and oxygen atoms in total. The van der Waals surface area contributed by atoms with Gasteiger partial charge in [-0.15, -0.1) is 0 Å². The highest BCUT2D eigenvalue weighted by Crippen LogP contribution is 2.29. The molecule has 2 aromatic rings. The third kappa shape index (κ3) is 5.70. The molecule has 0 bridgehead atoms. The Balaban J connectivity index is 1.59. The second-order valence-corrected chi connectivity index (χ2v) is 7.41. The molecule has 0 spiro atoms. The summed E-state index contributed by atoms with van der Waals surface area (Å²) in [6.45, 7) is 5.93. The van der Waals surface area contributed by atoms with Crippen LogP contribution in [-0.4, -0.2) is 42.3 Å². The molecule has 1 aromatic carbocycles. The lowest BCUT2D eigenvalue weighted by atomic mass is 10.0. The Hall–Kier alpha value is -2.60. The predicted molar refractivity (Wildman–Crippen MR) is 110 cm³/mol. The van der Waals surface area contributed by atoms with Gasteiger partial charge in [0.25, 0.3) is 0 Å². The molecule has 1 aliphatic rings. The van der Waals surface area contributed by atoms with Crippen LogP contribution in [0.3, 0.4) is 0 Å². The van der Waals surface area contributed by atoms with Gasteiger partial charge in [0.05, 0.1) is 18.5 Å². The van der Waals surface area contributed by atoms with E-state index in [4.69, 9.17) is 9.47 Å². The standard InChI is InChI=1S/C22H29N3O3/c1-16(2)18-6-4-17(5-7-18)15-25(20-9-10-20)22(26)24-19-8-11-21(23-14-19)28-13-12-27-3/h4-8,11,14,16,20H,9-10,12-13,15H2,1-3H3,(H,24,26). The largest absolute Gasteiger partial charge is 0.475 e. The number of hydrogen-bond donors (Lipinski definition) is 1. The number of carbonyl (C=O) groups is 1. The SMILES string of the molecule is COCCOc1ccc(NC(=O)N(Cc2ccc(C(C)C)cc2)C2CC2)cn1. The molecule has 1 aliphatic carbocycles. The summed E-state index contributed by atoms with van der Waals surface area (Å²) < 4.78 is 10.4. The average Bonchev–Trinajstić information content (AvgIpc) is 3.53. The van der Waals surface area contributed by atoms with Crippen molar-refractivity contribution in [3.63, 3.8) is 0 Å². The van der Waals surface area contributed by atoms with Crippen molar-refractivity contribution < 1.29 is 14.3 Å². The Bertz CT molecular complexity index is 756. The molecule has 0 aliphatic heterocycles. The fourth-order valence-corrected chi connectivity index (χ4v) is 2.92. The Morgan fingerprint density at radius 2 is 1.93 bits per heavy atom. The van der Waals surface area contributed by atoms with E-state index in [9.17, 15) is 4.79 Å². The first-order valence-electron chi connectivity index (χ1n) is 9.81. The lowest BCUT2D eigenvalue weighted by Gasteiger charge is -2.23. The minimum atomic E-state index is -0.0923. The first kappa shape index (κ1) is 20.1. The number of amides is 2. The second-order valence-electron chi connectivity index (χ2n) is 7.41. The maximum atomic E-state index is 12.8. The Kier molecular flexibility index (Phi) is 6.87. The Morgan fingerprint density at radius 1 is 1.18 bits per heavy atom. The van der Waals surface area contributed by atoms with Crippen molar-refractivity contribution in [2.75, 3.05) is 25.6 Å². The van der Waals surface area contributed by atoms with Crippen LogP contribution in [0.4, 0.5) is 10.5 Å². The summed E-state index contributed by atoms with van der Waals surface area (Å²) in [4.78, 5) is 18.9. The molecule has 0 saturated heterocycles. The molecular weight excluding hydrogens is 354 g/mol. The number of aromatic nitrogens is 1. The summed E-state index contributed by atoms with van der Waals surface area (Å²) in [5, 5.41) is 2.95. The molecule has 1 N–H and O–H groups in total. The van der Waals surface area contributed by atoms with Crippen LogP contribution in [0.15, 0.2) is 42.6 Å². The van der Waals surface area contributed by atoms with Gasteiger partial charge in [0, 0.05) is 25.8 Å². The summed E-state index contributed by atoms with van der Waals surface area (Å²) in [6.07, 6.45) is 3.73. The Morgan fingerprint density at radius 3 is 2.50 bits per heavy atom. The summed E-state index contributed by atoms with van der Waals surface area (Å²) >= 11 is 0. The van der Waals surface area contributed by atoms with Crippen molar-refractivity contribution in [3.05, 3.63) is 53.7 Å². The van der Waals surface area contributed by atoms with E-state index in [-0.39, 0.29) is 6.03 Å². The first-order valence-corrected chi connectivity index (χ1v) is 9.81. The number of benzene rings is 1. The van der Waals surface area contributed by atoms with E-state index in [1.54, 1.807) is 25.4 Å². The lowest BCUT2D eigenvalue weighted by molar-refractivity contribution is 0.144. The summed E-state index contributed by atoms with van der Waals surface area (Å²) in [5.41, 5.74) is 3.11. The number of hydrogen-bond acceptors (Lipinski definition) is 4. The second kappa shape index (κ2) is 9.55. The highest BCUT2D eigenvalue weighted by Gasteiger charge is 2.32. The van der Waals surface area contributed by atoms with E-state index in [2.05, 4.69) is 48.4 Å². The number of pyridine rings is 1. The van der Waals surface area contributed by atoms with Crippen LogP contribution in [0.25, 0.3) is 0 Å². The van der Waals surface area contributed by atoms with Gasteiger partial charge in [-0.25, -0.2) is 9.78 Å². The van der Waals surface area contributed by atoms with Crippen molar-refractivity contribution in [3.8, 4) is 5.88 Å². The normalized spacial score (nSPS) is 13.4. The van der Waals surface area contributed by atoms with E-state index in [0.29, 0.717) is 43.3 Å². The van der Waals surface area contributed by atoms with Gasteiger partial charge in [-0.2, -0.15) is 0 Å². The van der Waals surface area contributed by atoms with Crippen molar-refractivity contribution in [2.24, 2.45) is 0 Å². The topological polar surface area (TPSA) is 63.7 Å². The lowest BCUT2D eigenvalue weighted by Crippen LogP contribution is -2.36. The van der Waals surface area contributed by atoms with Gasteiger partial charge >= 0.3 is 6.03 Å². The van der Waals surface area contributed by atoms with Gasteiger partial charge in [0.2, 0.25) is 5.88 Å². The first-order chi connectivity index (χ1) is 13.6. The zero-order chi connectivity index (χ0) is 19.9. The number of nitrogens with zero attached hydrogens (tertiary/aromatic N) is 2. The van der Waals surface area contributed by atoms with Gasteiger partial charge in [-0.05, 0) is 36.0 Å². The minimum absolute atomic E-state index is 0.0923. The molecule has 2 amide bonds. The fourth-order valence-electron chi connectivity index (χ4n) is 2.92. The van der Waals surface area contributed by atoms with Crippen LogP contribution in [0.2, 0.25) is 0 Å². The van der Waals surface area contributed by atoms with Crippen molar-refractivity contribution in [2.45, 2.75) is 45.2 Å². The zero-order valence-corrected chi connectivity index (χ0v) is 16.9. The molecule has 6 heteroatoms. The number of urea groups is 1. The van der Waals surface area contributed by atoms with Gasteiger partial charge < -0.3 is 19.7 Å². The summed E-state index contributed by atoms with van der Waals surface area (Å²) in [5.74, 6) is 1.02. The highest BCUT2D eigenvalue weighted by atomic mass is 16.5. The summed E-state index contributed by atoms with van der Waals surface area (Å²) in [6, 6.07) is 12.3. The van der Waals surface area contributed by atoms with E-state index < -0.39 is 0 Å². The fraction of sp³-hybridized carbons (Fsp3) is 0.455. The molecule has 0 atom stereocenters. The maximum Gasteiger partial charge on any atom is 0.322 e. The van der Waals surface area contributed by atoms with E-state index in [1.807, 2.05) is 4.90 Å². The molecular formula is C22H29N3O3. The number of anilines is 1. The summed E-state index contributed by atoms with van der Waals surface area (Å²) in [7, 11) is 1.62. The van der Waals surface area contributed by atoms with Gasteiger partial charge in [0.1, 0.15) is 6.61 Å².